The van der Waals surface area contributed by atoms with Crippen molar-refractivity contribution in [3.63, 3.8) is 0 Å². The van der Waals surface area contributed by atoms with E-state index in [2.05, 4.69) is 29.0 Å². The van der Waals surface area contributed by atoms with Crippen molar-refractivity contribution < 1.29 is 4.79 Å². The van der Waals surface area contributed by atoms with Gasteiger partial charge in [0.2, 0.25) is 5.78 Å². The van der Waals surface area contributed by atoms with Crippen LogP contribution in [-0.2, 0) is 0 Å². The molecular weight excluding hydrogens is 320 g/mol. The molecule has 0 radical (unpaired) electrons. The molecule has 0 N–H and O–H groups in total. The summed E-state index contributed by atoms with van der Waals surface area (Å²) in [6.45, 7) is 2.92. The van der Waals surface area contributed by atoms with Crippen LogP contribution in [0.4, 0.5) is 0 Å². The number of carbonyl (C=O) groups excluding carboxylic acids is 1. The van der Waals surface area contributed by atoms with E-state index in [1.165, 1.54) is 5.56 Å². The summed E-state index contributed by atoms with van der Waals surface area (Å²) >= 11 is 1.91. The molecule has 4 rings (SSSR count). The van der Waals surface area contributed by atoms with Crippen LogP contribution in [0, 0.1) is 0 Å². The van der Waals surface area contributed by atoms with Gasteiger partial charge in [-0.2, -0.15) is 11.8 Å². The maximum absolute atomic E-state index is 13.1. The van der Waals surface area contributed by atoms with Crippen LogP contribution in [0.25, 0.3) is 5.78 Å². The van der Waals surface area contributed by atoms with Crippen molar-refractivity contribution in [3.05, 3.63) is 66.2 Å². The average molecular weight is 338 g/mol. The van der Waals surface area contributed by atoms with Crippen LogP contribution in [0.15, 0.2) is 55.0 Å². The number of fused-ring (bicyclic) bond motifs is 1. The molecule has 0 spiro atoms. The third kappa shape index (κ3) is 2.67. The molecule has 2 aromatic heterocycles. The maximum Gasteiger partial charge on any atom is 0.274 e. The molecule has 1 aliphatic heterocycles. The quantitative estimate of drug-likeness (QED) is 0.721. The van der Waals surface area contributed by atoms with Gasteiger partial charge in [-0.1, -0.05) is 37.3 Å². The fourth-order valence-corrected chi connectivity index (χ4v) is 4.39. The minimum atomic E-state index is -0.0264. The monoisotopic (exact) mass is 338 g/mol. The number of thioether (sulfide) groups is 1. The van der Waals surface area contributed by atoms with Gasteiger partial charge in [0, 0.05) is 36.1 Å². The SMILES string of the molecule is C[C@H]1SCCN(C(=O)c2cn3cccnc3n2)[C@H]1c1ccccc1. The highest BCUT2D eigenvalue weighted by Crippen LogP contribution is 2.36. The molecule has 1 amide bonds. The summed E-state index contributed by atoms with van der Waals surface area (Å²) in [5, 5.41) is 0.347. The van der Waals surface area contributed by atoms with Crippen LogP contribution >= 0.6 is 11.8 Å². The lowest BCUT2D eigenvalue weighted by Crippen LogP contribution is -2.44. The van der Waals surface area contributed by atoms with Crippen molar-refractivity contribution in [3.8, 4) is 0 Å². The lowest BCUT2D eigenvalue weighted by molar-refractivity contribution is 0.0675. The normalized spacial score (nSPS) is 21.1. The Morgan fingerprint density at radius 2 is 2.08 bits per heavy atom. The molecule has 2 atom stereocenters. The Hall–Kier alpha value is -2.34. The van der Waals surface area contributed by atoms with Crippen LogP contribution in [0.1, 0.15) is 29.0 Å². The summed E-state index contributed by atoms with van der Waals surface area (Å²) in [6.07, 6.45) is 5.30. The molecule has 0 aliphatic carbocycles. The van der Waals surface area contributed by atoms with Crippen LogP contribution in [0.3, 0.4) is 0 Å². The highest BCUT2D eigenvalue weighted by atomic mass is 32.2. The number of amides is 1. The largest absolute Gasteiger partial charge is 0.328 e. The summed E-state index contributed by atoms with van der Waals surface area (Å²) in [4.78, 5) is 23.7. The predicted octanol–water partition coefficient (Wildman–Crippen LogP) is 3.05. The Bertz CT molecular complexity index is 831. The lowest BCUT2D eigenvalue weighted by atomic mass is 10.0. The molecular formula is C18H18N4OS. The van der Waals surface area contributed by atoms with Gasteiger partial charge < -0.3 is 4.90 Å². The van der Waals surface area contributed by atoms with Crippen molar-refractivity contribution in [2.45, 2.75) is 18.2 Å². The molecule has 1 aromatic carbocycles. The number of hydrogen-bond acceptors (Lipinski definition) is 4. The minimum absolute atomic E-state index is 0.0264. The highest BCUT2D eigenvalue weighted by Gasteiger charge is 2.34. The van der Waals surface area contributed by atoms with Gasteiger partial charge in [0.15, 0.2) is 0 Å². The van der Waals surface area contributed by atoms with Crippen molar-refractivity contribution in [1.29, 1.82) is 0 Å². The van der Waals surface area contributed by atoms with E-state index in [0.29, 0.717) is 16.7 Å². The summed E-state index contributed by atoms with van der Waals surface area (Å²) in [5.74, 6) is 1.47. The molecule has 24 heavy (non-hydrogen) atoms. The maximum atomic E-state index is 13.1. The van der Waals surface area contributed by atoms with E-state index >= 15 is 0 Å². The molecule has 3 aromatic rings. The van der Waals surface area contributed by atoms with Gasteiger partial charge >= 0.3 is 0 Å². The molecule has 1 aliphatic rings. The fourth-order valence-electron chi connectivity index (χ4n) is 3.23. The number of imidazole rings is 1. The molecule has 6 heteroatoms. The zero-order valence-corrected chi connectivity index (χ0v) is 14.2. The van der Waals surface area contributed by atoms with Crippen LogP contribution in [0.2, 0.25) is 0 Å². The molecule has 0 saturated carbocycles. The number of hydrogen-bond donors (Lipinski definition) is 0. The van der Waals surface area contributed by atoms with Gasteiger partial charge in [0.25, 0.3) is 5.91 Å². The summed E-state index contributed by atoms with van der Waals surface area (Å²) < 4.78 is 1.78. The average Bonchev–Trinajstić information content (AvgIpc) is 3.06. The van der Waals surface area contributed by atoms with Gasteiger partial charge in [-0.25, -0.2) is 9.97 Å². The Labute approximate surface area is 144 Å². The molecule has 5 nitrogen and oxygen atoms in total. The van der Waals surface area contributed by atoms with Crippen molar-refractivity contribution >= 4 is 23.4 Å². The molecule has 3 heterocycles. The Kier molecular flexibility index (Phi) is 3.98. The van der Waals surface area contributed by atoms with Crippen molar-refractivity contribution in [2.75, 3.05) is 12.3 Å². The number of carbonyl (C=O) groups is 1. The van der Waals surface area contributed by atoms with Gasteiger partial charge in [-0.05, 0) is 11.6 Å². The molecule has 1 saturated heterocycles. The number of nitrogens with zero attached hydrogens (tertiary/aromatic N) is 4. The second-order valence-corrected chi connectivity index (χ2v) is 7.37. The number of benzene rings is 1. The molecule has 1 fully saturated rings. The first-order valence-corrected chi connectivity index (χ1v) is 9.06. The topological polar surface area (TPSA) is 50.5 Å². The second-order valence-electron chi connectivity index (χ2n) is 5.88. The minimum Gasteiger partial charge on any atom is -0.328 e. The predicted molar refractivity (Wildman–Crippen MR) is 95.1 cm³/mol. The van der Waals surface area contributed by atoms with E-state index in [0.717, 1.165) is 12.3 Å². The van der Waals surface area contributed by atoms with Gasteiger partial charge in [-0.15, -0.1) is 0 Å². The third-order valence-electron chi connectivity index (χ3n) is 4.35. The Balaban J connectivity index is 1.70. The Morgan fingerprint density at radius 1 is 1.25 bits per heavy atom. The first-order valence-electron chi connectivity index (χ1n) is 8.01. The number of aromatic nitrogens is 3. The van der Waals surface area contributed by atoms with Crippen molar-refractivity contribution in [1.82, 2.24) is 19.3 Å². The van der Waals surface area contributed by atoms with Crippen LogP contribution < -0.4 is 0 Å². The fraction of sp³-hybridized carbons (Fsp3) is 0.278. The van der Waals surface area contributed by atoms with E-state index in [9.17, 15) is 4.79 Å². The van der Waals surface area contributed by atoms with E-state index < -0.39 is 0 Å². The second kappa shape index (κ2) is 6.28. The lowest BCUT2D eigenvalue weighted by Gasteiger charge is -2.39. The molecule has 0 unspecified atom stereocenters. The van der Waals surface area contributed by atoms with Gasteiger partial charge in [-0.3, -0.25) is 9.20 Å². The van der Waals surface area contributed by atoms with Crippen LogP contribution in [0.5, 0.6) is 0 Å². The summed E-state index contributed by atoms with van der Waals surface area (Å²) in [5.41, 5.74) is 1.63. The van der Waals surface area contributed by atoms with E-state index in [1.807, 2.05) is 47.1 Å². The third-order valence-corrected chi connectivity index (χ3v) is 5.55. The molecule has 0 bridgehead atoms. The Morgan fingerprint density at radius 3 is 2.88 bits per heavy atom. The highest BCUT2D eigenvalue weighted by molar-refractivity contribution is 8.00. The zero-order chi connectivity index (χ0) is 16.5. The molecule has 122 valence electrons. The zero-order valence-electron chi connectivity index (χ0n) is 13.4. The van der Waals surface area contributed by atoms with E-state index in [1.54, 1.807) is 16.8 Å². The van der Waals surface area contributed by atoms with Gasteiger partial charge in [0.1, 0.15) is 5.69 Å². The number of rotatable bonds is 2. The van der Waals surface area contributed by atoms with Gasteiger partial charge in [0.05, 0.1) is 6.04 Å². The van der Waals surface area contributed by atoms with E-state index in [-0.39, 0.29) is 11.9 Å². The standard InChI is InChI=1S/C18H18N4OS/c1-13-16(14-6-3-2-4-7-14)22(10-11-24-13)17(23)15-12-21-9-5-8-19-18(21)20-15/h2-9,12-13,16H,10-11H2,1H3/t13-,16-/m1/s1. The summed E-state index contributed by atoms with van der Waals surface area (Å²) in [7, 11) is 0. The summed E-state index contributed by atoms with van der Waals surface area (Å²) in [6, 6.07) is 12.1. The van der Waals surface area contributed by atoms with E-state index in [4.69, 9.17) is 0 Å². The van der Waals surface area contributed by atoms with Crippen LogP contribution in [-0.4, -0.2) is 42.7 Å². The first kappa shape index (κ1) is 15.2. The smallest absolute Gasteiger partial charge is 0.274 e. The first-order chi connectivity index (χ1) is 11.7. The van der Waals surface area contributed by atoms with Crippen molar-refractivity contribution in [2.24, 2.45) is 0 Å².